The number of amides is 1. The fourth-order valence-corrected chi connectivity index (χ4v) is 3.19. The monoisotopic (exact) mass is 400 g/mol. The third-order valence-corrected chi connectivity index (χ3v) is 4.66. The van der Waals surface area contributed by atoms with Gasteiger partial charge in [0, 0.05) is 9.37 Å². The van der Waals surface area contributed by atoms with Gasteiger partial charge in [-0.1, -0.05) is 42.1 Å². The zero-order valence-corrected chi connectivity index (χ0v) is 14.9. The summed E-state index contributed by atoms with van der Waals surface area (Å²) in [6, 6.07) is 20.8. The Kier molecular flexibility index (Phi) is 5.51. The molecule has 0 aliphatic carbocycles. The Morgan fingerprint density at radius 2 is 1.79 bits per heavy atom. The van der Waals surface area contributed by atoms with E-state index in [1.165, 1.54) is 18.0 Å². The number of hydrazone groups is 1. The van der Waals surface area contributed by atoms with Crippen molar-refractivity contribution in [3.63, 3.8) is 0 Å². The molecular formula is C18H13BrN2O2S. The molecule has 3 rings (SSSR count). The number of rotatable bonds is 5. The van der Waals surface area contributed by atoms with Crippen molar-refractivity contribution < 1.29 is 9.21 Å². The lowest BCUT2D eigenvalue weighted by molar-refractivity contribution is 0.0954. The lowest BCUT2D eigenvalue weighted by Gasteiger charge is -2.01. The lowest BCUT2D eigenvalue weighted by Crippen LogP contribution is -2.17. The summed E-state index contributed by atoms with van der Waals surface area (Å²) in [5.74, 6) is 0.282. The zero-order chi connectivity index (χ0) is 16.8. The predicted octanol–water partition coefficient (Wildman–Crippen LogP) is 4.96. The van der Waals surface area contributed by atoms with Gasteiger partial charge in [0.2, 0.25) is 0 Å². The molecular weight excluding hydrogens is 388 g/mol. The van der Waals surface area contributed by atoms with E-state index in [0.29, 0.717) is 11.3 Å². The Labute approximate surface area is 152 Å². The third kappa shape index (κ3) is 4.37. The molecule has 1 amide bonds. The third-order valence-electron chi connectivity index (χ3n) is 3.04. The minimum Gasteiger partial charge on any atom is -0.448 e. The fourth-order valence-electron chi connectivity index (χ4n) is 1.92. The van der Waals surface area contributed by atoms with E-state index >= 15 is 0 Å². The first-order valence-electron chi connectivity index (χ1n) is 7.13. The highest BCUT2D eigenvalue weighted by atomic mass is 79.9. The molecule has 0 aliphatic heterocycles. The molecule has 0 saturated heterocycles. The molecule has 0 aliphatic rings. The van der Waals surface area contributed by atoms with E-state index < -0.39 is 0 Å². The van der Waals surface area contributed by atoms with Crippen molar-refractivity contribution in [1.29, 1.82) is 0 Å². The van der Waals surface area contributed by atoms with Crippen molar-refractivity contribution in [2.45, 2.75) is 9.99 Å². The zero-order valence-electron chi connectivity index (χ0n) is 12.5. The molecule has 1 aromatic heterocycles. The Hall–Kier alpha value is -2.31. The summed E-state index contributed by atoms with van der Waals surface area (Å²) in [5.41, 5.74) is 3.00. The molecule has 6 heteroatoms. The van der Waals surface area contributed by atoms with Crippen molar-refractivity contribution in [3.05, 3.63) is 82.5 Å². The number of carbonyl (C=O) groups is 1. The Bertz CT molecular complexity index is 862. The largest absolute Gasteiger partial charge is 0.448 e. The van der Waals surface area contributed by atoms with Gasteiger partial charge in [-0.25, -0.2) is 5.43 Å². The summed E-state index contributed by atoms with van der Waals surface area (Å²) in [7, 11) is 0. The lowest BCUT2D eigenvalue weighted by atomic mass is 10.2. The van der Waals surface area contributed by atoms with Gasteiger partial charge >= 0.3 is 0 Å². The molecule has 3 aromatic rings. The molecule has 0 bridgehead atoms. The van der Waals surface area contributed by atoms with Crippen molar-refractivity contribution >= 4 is 39.8 Å². The van der Waals surface area contributed by atoms with Crippen molar-refractivity contribution in [2.75, 3.05) is 0 Å². The maximum Gasteiger partial charge on any atom is 0.272 e. The van der Waals surface area contributed by atoms with Crippen LogP contribution in [0.25, 0.3) is 0 Å². The summed E-state index contributed by atoms with van der Waals surface area (Å²) >= 11 is 4.86. The minimum absolute atomic E-state index is 0.288. The van der Waals surface area contributed by atoms with Crippen molar-refractivity contribution in [3.8, 4) is 0 Å². The van der Waals surface area contributed by atoms with E-state index in [1.807, 2.05) is 42.5 Å². The van der Waals surface area contributed by atoms with Crippen LogP contribution in [0, 0.1) is 0 Å². The van der Waals surface area contributed by atoms with E-state index in [9.17, 15) is 4.79 Å². The van der Waals surface area contributed by atoms with Gasteiger partial charge in [-0.15, -0.1) is 0 Å². The normalized spacial score (nSPS) is 10.9. The molecule has 4 nitrogen and oxygen atoms in total. The maximum atomic E-state index is 12.0. The number of hydrogen-bond donors (Lipinski definition) is 1. The molecule has 24 heavy (non-hydrogen) atoms. The predicted molar refractivity (Wildman–Crippen MR) is 98.5 cm³/mol. The molecule has 0 atom stereocenters. The molecule has 0 fully saturated rings. The summed E-state index contributed by atoms with van der Waals surface area (Å²) in [6.07, 6.45) is 1.48. The van der Waals surface area contributed by atoms with E-state index in [1.54, 1.807) is 24.3 Å². The maximum absolute atomic E-state index is 12.0. The molecule has 0 spiro atoms. The number of hydrogen-bond acceptors (Lipinski definition) is 4. The van der Waals surface area contributed by atoms with Crippen molar-refractivity contribution in [1.82, 2.24) is 5.43 Å². The molecule has 0 saturated carbocycles. The van der Waals surface area contributed by atoms with Crippen LogP contribution in [-0.2, 0) is 0 Å². The molecule has 1 heterocycles. The summed E-state index contributed by atoms with van der Waals surface area (Å²) in [4.78, 5) is 13.1. The second-order valence-corrected chi connectivity index (χ2v) is 6.68. The standard InChI is InChI=1S/C18H13BrN2O2S/c19-16-9-5-4-8-15(16)18(22)21-20-12-13-10-11-17(23-13)24-14-6-2-1-3-7-14/h1-12H,(H,21,22)/b20-12-. The summed E-state index contributed by atoms with van der Waals surface area (Å²) in [6.45, 7) is 0. The van der Waals surface area contributed by atoms with Crippen LogP contribution in [0.3, 0.4) is 0 Å². The smallest absolute Gasteiger partial charge is 0.272 e. The first kappa shape index (κ1) is 16.5. The topological polar surface area (TPSA) is 54.6 Å². The molecule has 120 valence electrons. The molecule has 0 radical (unpaired) electrons. The van der Waals surface area contributed by atoms with Crippen LogP contribution in [0.5, 0.6) is 0 Å². The number of carbonyl (C=O) groups excluding carboxylic acids is 1. The highest BCUT2D eigenvalue weighted by Crippen LogP contribution is 2.28. The van der Waals surface area contributed by atoms with Crippen LogP contribution in [0.2, 0.25) is 0 Å². The van der Waals surface area contributed by atoms with Crippen LogP contribution in [0.15, 0.2) is 90.7 Å². The first-order valence-corrected chi connectivity index (χ1v) is 8.74. The minimum atomic E-state index is -0.288. The van der Waals surface area contributed by atoms with Gasteiger partial charge in [0.25, 0.3) is 5.91 Å². The van der Waals surface area contributed by atoms with Gasteiger partial charge < -0.3 is 4.42 Å². The fraction of sp³-hybridized carbons (Fsp3) is 0. The molecule has 1 N–H and O–H groups in total. The SMILES string of the molecule is O=C(N/N=C\c1ccc(Sc2ccccc2)o1)c1ccccc1Br. The number of furan rings is 1. The summed E-state index contributed by atoms with van der Waals surface area (Å²) < 4.78 is 6.37. The first-order chi connectivity index (χ1) is 11.7. The van der Waals surface area contributed by atoms with Crippen LogP contribution < -0.4 is 5.43 Å². The van der Waals surface area contributed by atoms with Crippen LogP contribution in [-0.4, -0.2) is 12.1 Å². The highest BCUT2D eigenvalue weighted by molar-refractivity contribution is 9.10. The number of nitrogens with zero attached hydrogens (tertiary/aromatic N) is 1. The van der Waals surface area contributed by atoms with Crippen LogP contribution in [0.1, 0.15) is 16.1 Å². The van der Waals surface area contributed by atoms with Gasteiger partial charge in [0.1, 0.15) is 5.76 Å². The van der Waals surface area contributed by atoms with E-state index in [-0.39, 0.29) is 5.91 Å². The van der Waals surface area contributed by atoms with E-state index in [4.69, 9.17) is 4.42 Å². The van der Waals surface area contributed by atoms with Crippen LogP contribution in [0.4, 0.5) is 0 Å². The Morgan fingerprint density at radius 1 is 1.04 bits per heavy atom. The number of nitrogens with one attached hydrogen (secondary N) is 1. The average Bonchev–Trinajstić information content (AvgIpc) is 3.03. The second-order valence-electron chi connectivity index (χ2n) is 4.75. The van der Waals surface area contributed by atoms with E-state index in [0.717, 1.165) is 14.5 Å². The van der Waals surface area contributed by atoms with Gasteiger partial charge in [-0.05, 0) is 52.3 Å². The number of halogens is 1. The Balaban J connectivity index is 1.59. The average molecular weight is 401 g/mol. The van der Waals surface area contributed by atoms with Gasteiger partial charge in [0.05, 0.1) is 11.8 Å². The van der Waals surface area contributed by atoms with Gasteiger partial charge in [0.15, 0.2) is 5.09 Å². The van der Waals surface area contributed by atoms with E-state index in [2.05, 4.69) is 26.5 Å². The Morgan fingerprint density at radius 3 is 2.58 bits per heavy atom. The van der Waals surface area contributed by atoms with Crippen LogP contribution >= 0.6 is 27.7 Å². The number of benzene rings is 2. The van der Waals surface area contributed by atoms with Gasteiger partial charge in [-0.3, -0.25) is 4.79 Å². The second kappa shape index (κ2) is 7.99. The quantitative estimate of drug-likeness (QED) is 0.486. The highest BCUT2D eigenvalue weighted by Gasteiger charge is 2.07. The van der Waals surface area contributed by atoms with Crippen molar-refractivity contribution in [2.24, 2.45) is 5.10 Å². The molecule has 2 aromatic carbocycles. The molecule has 0 unspecified atom stereocenters. The van der Waals surface area contributed by atoms with Gasteiger partial charge in [-0.2, -0.15) is 5.10 Å². The summed E-state index contributed by atoms with van der Waals surface area (Å²) in [5, 5.41) is 4.69.